The summed E-state index contributed by atoms with van der Waals surface area (Å²) in [6.45, 7) is 2.22. The molecule has 0 aromatic heterocycles. The van der Waals surface area contributed by atoms with Gasteiger partial charge in [-0.1, -0.05) is 0 Å². The molecule has 0 spiro atoms. The van der Waals surface area contributed by atoms with Crippen LogP contribution in [0.25, 0.3) is 0 Å². The summed E-state index contributed by atoms with van der Waals surface area (Å²) >= 11 is 0.314. The molecule has 0 amide bonds. The molecule has 17 heavy (non-hydrogen) atoms. The van der Waals surface area contributed by atoms with E-state index in [1.165, 1.54) is 34.6 Å². The van der Waals surface area contributed by atoms with E-state index in [2.05, 4.69) is 31.2 Å². The molecular weight excluding hydrogens is 275 g/mol. The molecule has 0 N–H and O–H groups in total. The van der Waals surface area contributed by atoms with Crippen LogP contribution in [0.15, 0.2) is 40.9 Å². The molecule has 1 rings (SSSR count). The van der Waals surface area contributed by atoms with Gasteiger partial charge in [-0.05, 0) is 0 Å². The Bertz CT molecular complexity index is 343. The fourth-order valence-corrected chi connectivity index (χ4v) is 3.64. The van der Waals surface area contributed by atoms with Crippen molar-refractivity contribution in [2.45, 2.75) is 39.0 Å². The first-order valence-corrected chi connectivity index (χ1v) is 7.95. The van der Waals surface area contributed by atoms with Crippen molar-refractivity contribution in [1.29, 1.82) is 0 Å². The van der Waals surface area contributed by atoms with Gasteiger partial charge in [-0.3, -0.25) is 0 Å². The van der Waals surface area contributed by atoms with E-state index in [0.29, 0.717) is 15.0 Å². The van der Waals surface area contributed by atoms with Crippen LogP contribution in [-0.4, -0.2) is 21.2 Å². The molecule has 0 atom stereocenters. The van der Waals surface area contributed by atoms with Gasteiger partial charge in [-0.25, -0.2) is 0 Å². The third kappa shape index (κ3) is 6.45. The molecule has 1 aromatic rings. The fraction of sp³-hybridized carbons (Fsp3) is 0.400. The van der Waals surface area contributed by atoms with Crippen molar-refractivity contribution in [3.8, 4) is 0 Å². The van der Waals surface area contributed by atoms with Gasteiger partial charge in [0.05, 0.1) is 0 Å². The second-order valence-corrected chi connectivity index (χ2v) is 6.51. The topological polar surface area (TPSA) is 17.1 Å². The van der Waals surface area contributed by atoms with Crippen LogP contribution in [-0.2, 0) is 4.79 Å². The van der Waals surface area contributed by atoms with E-state index in [0.717, 1.165) is 12.7 Å². The van der Waals surface area contributed by atoms with Crippen molar-refractivity contribution in [1.82, 2.24) is 0 Å². The van der Waals surface area contributed by atoms with Gasteiger partial charge in [0.25, 0.3) is 0 Å². The van der Waals surface area contributed by atoms with E-state index < -0.39 is 0 Å². The van der Waals surface area contributed by atoms with Gasteiger partial charge in [0.15, 0.2) is 0 Å². The molecule has 0 aliphatic carbocycles. The summed E-state index contributed by atoms with van der Waals surface area (Å²) in [4.78, 5) is 10.6. The number of rotatable bonds is 8. The van der Waals surface area contributed by atoms with Gasteiger partial charge in [0.1, 0.15) is 0 Å². The Kier molecular flexibility index (Phi) is 7.70. The number of carbonyl (C=O) groups is 1. The number of allylic oxidation sites excluding steroid dienone is 2. The Hall–Kier alpha value is -0.851. The first-order chi connectivity index (χ1) is 8.36. The van der Waals surface area contributed by atoms with Crippen molar-refractivity contribution in [3.05, 3.63) is 40.9 Å². The Labute approximate surface area is 110 Å². The zero-order valence-corrected chi connectivity index (χ0v) is 12.1. The van der Waals surface area contributed by atoms with E-state index in [-0.39, 0.29) is 0 Å². The molecule has 0 saturated heterocycles. The third-order valence-electron chi connectivity index (χ3n) is 2.52. The first-order valence-electron chi connectivity index (χ1n) is 6.24. The van der Waals surface area contributed by atoms with Crippen LogP contribution in [0.5, 0.6) is 0 Å². The standard InChI is InChI=1S/C15H20OSe/c1-2-3-4-6-11-15(12-13-16)17-14-9-7-5-8-10-14/h5,7-10,12-13H,2-4,6,11H2,1H3/b15-12-. The Morgan fingerprint density at radius 2 is 1.94 bits per heavy atom. The van der Waals surface area contributed by atoms with Gasteiger partial charge in [0.2, 0.25) is 0 Å². The summed E-state index contributed by atoms with van der Waals surface area (Å²) in [7, 11) is 0. The van der Waals surface area contributed by atoms with Crippen LogP contribution in [0.2, 0.25) is 0 Å². The zero-order chi connectivity index (χ0) is 12.3. The van der Waals surface area contributed by atoms with Crippen LogP contribution >= 0.6 is 0 Å². The fourth-order valence-electron chi connectivity index (χ4n) is 1.61. The Morgan fingerprint density at radius 1 is 1.18 bits per heavy atom. The number of aldehydes is 1. The Morgan fingerprint density at radius 3 is 2.59 bits per heavy atom. The molecule has 0 saturated carbocycles. The molecular formula is C15H20OSe. The molecule has 0 bridgehead atoms. The second-order valence-electron chi connectivity index (χ2n) is 3.99. The molecule has 0 radical (unpaired) electrons. The van der Waals surface area contributed by atoms with E-state index in [4.69, 9.17) is 0 Å². The molecule has 1 nitrogen and oxygen atoms in total. The summed E-state index contributed by atoms with van der Waals surface area (Å²) in [5.41, 5.74) is 0. The summed E-state index contributed by atoms with van der Waals surface area (Å²) in [5.74, 6) is 0. The summed E-state index contributed by atoms with van der Waals surface area (Å²) in [6, 6.07) is 10.4. The van der Waals surface area contributed by atoms with Crippen LogP contribution in [0, 0.1) is 0 Å². The SMILES string of the molecule is CCCCCC/C(=C/C=O)[Se]c1ccccc1. The van der Waals surface area contributed by atoms with Crippen LogP contribution in [0.4, 0.5) is 0 Å². The maximum absolute atomic E-state index is 10.6. The summed E-state index contributed by atoms with van der Waals surface area (Å²) < 4.78 is 2.67. The van der Waals surface area contributed by atoms with E-state index in [1.807, 2.05) is 6.07 Å². The molecule has 0 fully saturated rings. The van der Waals surface area contributed by atoms with Crippen molar-refractivity contribution in [2.75, 3.05) is 0 Å². The van der Waals surface area contributed by atoms with Crippen molar-refractivity contribution in [2.24, 2.45) is 0 Å². The van der Waals surface area contributed by atoms with Gasteiger partial charge in [-0.2, -0.15) is 0 Å². The average Bonchev–Trinajstić information content (AvgIpc) is 2.36. The predicted octanol–water partition coefficient (Wildman–Crippen LogP) is 3.07. The minimum absolute atomic E-state index is 0.314. The molecule has 0 aliphatic rings. The van der Waals surface area contributed by atoms with Crippen LogP contribution < -0.4 is 4.46 Å². The predicted molar refractivity (Wildman–Crippen MR) is 74.7 cm³/mol. The Balaban J connectivity index is 2.44. The number of carbonyl (C=O) groups excluding carboxylic acids is 1. The molecule has 0 aliphatic heterocycles. The molecule has 2 heteroatoms. The second kappa shape index (κ2) is 9.21. The number of benzene rings is 1. The zero-order valence-electron chi connectivity index (χ0n) is 10.4. The van der Waals surface area contributed by atoms with Crippen molar-refractivity contribution in [3.63, 3.8) is 0 Å². The van der Waals surface area contributed by atoms with Gasteiger partial charge in [-0.15, -0.1) is 0 Å². The monoisotopic (exact) mass is 296 g/mol. The minimum atomic E-state index is 0.314. The molecule has 1 aromatic carbocycles. The van der Waals surface area contributed by atoms with Crippen molar-refractivity contribution >= 4 is 25.7 Å². The number of hydrogen-bond donors (Lipinski definition) is 0. The number of unbranched alkanes of at least 4 members (excludes halogenated alkanes) is 3. The molecule has 0 heterocycles. The molecule has 0 unspecified atom stereocenters. The average molecular weight is 295 g/mol. The van der Waals surface area contributed by atoms with Crippen LogP contribution in [0.3, 0.4) is 0 Å². The third-order valence-corrected chi connectivity index (χ3v) is 4.85. The normalized spacial score (nSPS) is 11.5. The van der Waals surface area contributed by atoms with E-state index >= 15 is 0 Å². The van der Waals surface area contributed by atoms with Gasteiger partial charge >= 0.3 is 110 Å². The van der Waals surface area contributed by atoms with Gasteiger partial charge < -0.3 is 0 Å². The van der Waals surface area contributed by atoms with Crippen molar-refractivity contribution < 1.29 is 4.79 Å². The van der Waals surface area contributed by atoms with E-state index in [9.17, 15) is 4.79 Å². The first kappa shape index (κ1) is 14.2. The van der Waals surface area contributed by atoms with Gasteiger partial charge in [0, 0.05) is 0 Å². The quantitative estimate of drug-likeness (QED) is 0.312. The number of hydrogen-bond acceptors (Lipinski definition) is 1. The van der Waals surface area contributed by atoms with E-state index in [1.54, 1.807) is 6.08 Å². The maximum atomic E-state index is 10.6. The molecule has 92 valence electrons. The summed E-state index contributed by atoms with van der Waals surface area (Å²) in [6.07, 6.45) is 8.81. The van der Waals surface area contributed by atoms with Crippen LogP contribution in [0.1, 0.15) is 39.0 Å². The summed E-state index contributed by atoms with van der Waals surface area (Å²) in [5, 5.41) is 0.